The summed E-state index contributed by atoms with van der Waals surface area (Å²) in [6.45, 7) is 3.60. The van der Waals surface area contributed by atoms with E-state index in [-0.39, 0.29) is 11.3 Å². The fourth-order valence-electron chi connectivity index (χ4n) is 2.05. The molecule has 138 valence electrons. The first-order valence-corrected chi connectivity index (χ1v) is 8.91. The fourth-order valence-corrected chi connectivity index (χ4v) is 2.84. The monoisotopic (exact) mass is 377 g/mol. The first-order valence-electron chi connectivity index (χ1n) is 8.09. The molecular weight excluding hydrogens is 358 g/mol. The van der Waals surface area contributed by atoms with E-state index in [9.17, 15) is 19.7 Å². The van der Waals surface area contributed by atoms with Crippen molar-refractivity contribution in [3.63, 3.8) is 0 Å². The van der Waals surface area contributed by atoms with E-state index >= 15 is 0 Å². The van der Waals surface area contributed by atoms with E-state index in [2.05, 4.69) is 27.8 Å². The lowest BCUT2D eigenvalue weighted by atomic mass is 10.1. The smallest absolute Gasteiger partial charge is 0.270 e. The number of benzene rings is 1. The lowest BCUT2D eigenvalue weighted by Gasteiger charge is -2.12. The Bertz CT molecular complexity index is 807. The number of carbonyl (C=O) groups is 2. The van der Waals surface area contributed by atoms with Gasteiger partial charge in [-0.2, -0.15) is 0 Å². The maximum absolute atomic E-state index is 12.2. The molecule has 0 aliphatic carbocycles. The second kappa shape index (κ2) is 8.99. The number of anilines is 1. The first-order chi connectivity index (χ1) is 12.4. The largest absolute Gasteiger partial charge is 0.341 e. The summed E-state index contributed by atoms with van der Waals surface area (Å²) in [6, 6.07) is 4.46. The maximum atomic E-state index is 12.2. The van der Waals surface area contributed by atoms with Crippen molar-refractivity contribution in [1.29, 1.82) is 0 Å². The minimum absolute atomic E-state index is 0.108. The molecule has 2 amide bonds. The van der Waals surface area contributed by atoms with Crippen LogP contribution in [0.25, 0.3) is 0 Å². The summed E-state index contributed by atoms with van der Waals surface area (Å²) in [7, 11) is 0. The second-order valence-corrected chi connectivity index (χ2v) is 6.66. The van der Waals surface area contributed by atoms with Gasteiger partial charge in [0, 0.05) is 24.1 Å². The molecule has 1 aromatic carbocycles. The van der Waals surface area contributed by atoms with Crippen molar-refractivity contribution in [3.05, 3.63) is 45.0 Å². The number of unbranched alkanes of at least 4 members (excludes halogenated alkanes) is 1. The van der Waals surface area contributed by atoms with Gasteiger partial charge in [-0.15, -0.1) is 10.2 Å². The van der Waals surface area contributed by atoms with E-state index in [4.69, 9.17) is 0 Å². The van der Waals surface area contributed by atoms with Gasteiger partial charge in [0.1, 0.15) is 11.0 Å². The Morgan fingerprint density at radius 3 is 2.81 bits per heavy atom. The summed E-state index contributed by atoms with van der Waals surface area (Å²) in [6.07, 6.45) is 2.85. The highest BCUT2D eigenvalue weighted by atomic mass is 32.1. The van der Waals surface area contributed by atoms with Crippen molar-refractivity contribution in [2.45, 2.75) is 39.2 Å². The van der Waals surface area contributed by atoms with Crippen LogP contribution in [0.4, 0.5) is 10.8 Å². The standard InChI is InChI=1S/C16H19N5O4S/c1-3-4-8-13-19-20-16(26-13)18-14(22)10(2)17-15(23)11-6-5-7-12(9-11)21(24)25/h5-7,9-10H,3-4,8H2,1-2H3,(H,17,23)(H,18,20,22). The molecule has 0 bridgehead atoms. The number of non-ortho nitro benzene ring substituents is 1. The van der Waals surface area contributed by atoms with Gasteiger partial charge in [0.2, 0.25) is 11.0 Å². The molecule has 0 aliphatic rings. The molecule has 0 spiro atoms. The van der Waals surface area contributed by atoms with Crippen molar-refractivity contribution in [2.75, 3.05) is 5.32 Å². The van der Waals surface area contributed by atoms with Crippen LogP contribution in [0, 0.1) is 10.1 Å². The minimum atomic E-state index is -0.843. The highest BCUT2D eigenvalue weighted by Crippen LogP contribution is 2.17. The number of carbonyl (C=O) groups excluding carboxylic acids is 2. The number of hydrogen-bond donors (Lipinski definition) is 2. The van der Waals surface area contributed by atoms with Gasteiger partial charge in [0.25, 0.3) is 11.6 Å². The van der Waals surface area contributed by atoms with Gasteiger partial charge in [-0.05, 0) is 19.4 Å². The summed E-state index contributed by atoms with van der Waals surface area (Å²) in [4.78, 5) is 34.5. The molecule has 0 radical (unpaired) electrons. The minimum Gasteiger partial charge on any atom is -0.341 e. The van der Waals surface area contributed by atoms with Crippen molar-refractivity contribution in [3.8, 4) is 0 Å². The van der Waals surface area contributed by atoms with E-state index in [1.54, 1.807) is 0 Å². The Morgan fingerprint density at radius 2 is 2.12 bits per heavy atom. The molecule has 0 fully saturated rings. The van der Waals surface area contributed by atoms with Crippen LogP contribution in [0.1, 0.15) is 42.1 Å². The molecule has 2 rings (SSSR count). The zero-order valence-electron chi connectivity index (χ0n) is 14.4. The van der Waals surface area contributed by atoms with Gasteiger partial charge >= 0.3 is 0 Å². The fraction of sp³-hybridized carbons (Fsp3) is 0.375. The molecule has 1 heterocycles. The Balaban J connectivity index is 1.93. The van der Waals surface area contributed by atoms with Crippen molar-refractivity contribution in [1.82, 2.24) is 15.5 Å². The summed E-state index contributed by atoms with van der Waals surface area (Å²) >= 11 is 1.30. The summed E-state index contributed by atoms with van der Waals surface area (Å²) < 4.78 is 0. The maximum Gasteiger partial charge on any atom is 0.270 e. The molecule has 2 aromatic rings. The van der Waals surface area contributed by atoms with Gasteiger partial charge in [-0.3, -0.25) is 25.0 Å². The Labute approximate surface area is 154 Å². The summed E-state index contributed by atoms with van der Waals surface area (Å²) in [5.41, 5.74) is -0.0835. The van der Waals surface area contributed by atoms with Crippen LogP contribution in [-0.4, -0.2) is 33.0 Å². The number of nitrogens with one attached hydrogen (secondary N) is 2. The SMILES string of the molecule is CCCCc1nnc(NC(=O)C(C)NC(=O)c2cccc([N+](=O)[O-])c2)s1. The summed E-state index contributed by atoms with van der Waals surface area (Å²) in [5.74, 6) is -1.01. The number of amides is 2. The normalized spacial score (nSPS) is 11.6. The topological polar surface area (TPSA) is 127 Å². The lowest BCUT2D eigenvalue weighted by Crippen LogP contribution is -2.41. The van der Waals surface area contributed by atoms with E-state index in [0.29, 0.717) is 5.13 Å². The zero-order valence-corrected chi connectivity index (χ0v) is 15.2. The first kappa shape index (κ1) is 19.4. The molecular formula is C16H19N5O4S. The van der Waals surface area contributed by atoms with Crippen molar-refractivity contribution < 1.29 is 14.5 Å². The molecule has 1 aromatic heterocycles. The van der Waals surface area contributed by atoms with Gasteiger partial charge < -0.3 is 5.32 Å². The highest BCUT2D eigenvalue weighted by molar-refractivity contribution is 7.15. The van der Waals surface area contributed by atoms with E-state index in [1.807, 2.05) is 0 Å². The quantitative estimate of drug-likeness (QED) is 0.537. The number of rotatable bonds is 8. The van der Waals surface area contributed by atoms with Crippen LogP contribution in [0.15, 0.2) is 24.3 Å². The third-order valence-electron chi connectivity index (χ3n) is 3.50. The third kappa shape index (κ3) is 5.31. The predicted octanol–water partition coefficient (Wildman–Crippen LogP) is 2.55. The van der Waals surface area contributed by atoms with Gasteiger partial charge in [-0.25, -0.2) is 0 Å². The molecule has 26 heavy (non-hydrogen) atoms. The molecule has 2 N–H and O–H groups in total. The molecule has 1 unspecified atom stereocenters. The Kier molecular flexibility index (Phi) is 6.73. The van der Waals surface area contributed by atoms with E-state index in [1.165, 1.54) is 36.5 Å². The van der Waals surface area contributed by atoms with Gasteiger partial charge in [0.05, 0.1) is 4.92 Å². The van der Waals surface area contributed by atoms with Crippen LogP contribution < -0.4 is 10.6 Å². The van der Waals surface area contributed by atoms with E-state index < -0.39 is 22.8 Å². The number of hydrogen-bond acceptors (Lipinski definition) is 7. The molecule has 1 atom stereocenters. The number of nitro groups is 1. The average molecular weight is 377 g/mol. The van der Waals surface area contributed by atoms with Gasteiger partial charge in [-0.1, -0.05) is 30.7 Å². The molecule has 0 saturated heterocycles. The van der Waals surface area contributed by atoms with Crippen molar-refractivity contribution >= 4 is 34.0 Å². The van der Waals surface area contributed by atoms with Crippen LogP contribution in [-0.2, 0) is 11.2 Å². The van der Waals surface area contributed by atoms with Crippen molar-refractivity contribution in [2.24, 2.45) is 0 Å². The number of aryl methyl sites for hydroxylation is 1. The van der Waals surface area contributed by atoms with E-state index in [0.717, 1.165) is 30.3 Å². The Morgan fingerprint density at radius 1 is 1.35 bits per heavy atom. The molecule has 10 heteroatoms. The zero-order chi connectivity index (χ0) is 19.1. The third-order valence-corrected chi connectivity index (χ3v) is 4.40. The number of nitro benzene ring substituents is 1. The Hall–Kier alpha value is -2.88. The van der Waals surface area contributed by atoms with Crippen LogP contribution in [0.2, 0.25) is 0 Å². The molecule has 0 aliphatic heterocycles. The highest BCUT2D eigenvalue weighted by Gasteiger charge is 2.19. The van der Waals surface area contributed by atoms with Crippen LogP contribution in [0.3, 0.4) is 0 Å². The number of aromatic nitrogens is 2. The molecule has 0 saturated carbocycles. The van der Waals surface area contributed by atoms with Crippen LogP contribution in [0.5, 0.6) is 0 Å². The molecule has 9 nitrogen and oxygen atoms in total. The second-order valence-electron chi connectivity index (χ2n) is 5.60. The van der Waals surface area contributed by atoms with Crippen LogP contribution >= 0.6 is 11.3 Å². The lowest BCUT2D eigenvalue weighted by molar-refractivity contribution is -0.384. The summed E-state index contributed by atoms with van der Waals surface area (Å²) in [5, 5.41) is 25.0. The predicted molar refractivity (Wildman–Crippen MR) is 97.2 cm³/mol. The van der Waals surface area contributed by atoms with Gasteiger partial charge in [0.15, 0.2) is 0 Å². The number of nitrogens with zero attached hydrogens (tertiary/aromatic N) is 3. The average Bonchev–Trinajstić information content (AvgIpc) is 3.07.